The van der Waals surface area contributed by atoms with Crippen LogP contribution >= 0.6 is 0 Å². The van der Waals surface area contributed by atoms with Crippen LogP contribution in [0.1, 0.15) is 91.2 Å². The third-order valence-electron chi connectivity index (χ3n) is 8.93. The normalized spacial score (nSPS) is 20.7. The highest BCUT2D eigenvalue weighted by molar-refractivity contribution is 6.12. The number of fused-ring (bicyclic) bond motifs is 5. The zero-order chi connectivity index (χ0) is 26.3. The van der Waals surface area contributed by atoms with Crippen molar-refractivity contribution in [2.75, 3.05) is 0 Å². The molecule has 0 aliphatic heterocycles. The van der Waals surface area contributed by atoms with Crippen LogP contribution in [0.3, 0.4) is 0 Å². The van der Waals surface area contributed by atoms with E-state index in [0.717, 1.165) is 66.5 Å². The molecule has 0 spiro atoms. The van der Waals surface area contributed by atoms with E-state index < -0.39 is 6.37 Å². The molecule has 2 aromatic heterocycles. The third kappa shape index (κ3) is 3.55. The molecule has 2 nitrogen and oxygen atoms in total. The molecule has 2 heterocycles. The van der Waals surface area contributed by atoms with Gasteiger partial charge in [0.05, 0.1) is 5.56 Å². The topological polar surface area (TPSA) is 17.0 Å². The Hall–Kier alpha value is -2.61. The molecule has 182 valence electrons. The van der Waals surface area contributed by atoms with Gasteiger partial charge in [0.15, 0.2) is 6.20 Å². The van der Waals surface area contributed by atoms with Crippen molar-refractivity contribution in [2.45, 2.75) is 90.3 Å². The summed E-state index contributed by atoms with van der Waals surface area (Å²) in [6.45, 7) is 11.8. The van der Waals surface area contributed by atoms with Crippen molar-refractivity contribution < 1.29 is 11.7 Å². The number of aryl methyl sites for hydroxylation is 1. The Morgan fingerprint density at radius 1 is 1.00 bits per heavy atom. The van der Waals surface area contributed by atoms with Gasteiger partial charge in [-0.2, -0.15) is 0 Å². The van der Waals surface area contributed by atoms with E-state index in [-0.39, 0.29) is 16.7 Å². The van der Waals surface area contributed by atoms with Crippen molar-refractivity contribution in [3.05, 3.63) is 64.8 Å². The second kappa shape index (κ2) is 7.95. The highest BCUT2D eigenvalue weighted by Gasteiger charge is 2.42. The van der Waals surface area contributed by atoms with Crippen molar-refractivity contribution >= 4 is 21.9 Å². The van der Waals surface area contributed by atoms with Crippen LogP contribution in [0.25, 0.3) is 33.2 Å². The highest BCUT2D eigenvalue weighted by atomic mass is 16.3. The van der Waals surface area contributed by atoms with Crippen molar-refractivity contribution in [3.8, 4) is 11.3 Å². The third-order valence-corrected chi connectivity index (χ3v) is 8.93. The first-order chi connectivity index (χ1) is 17.4. The summed E-state index contributed by atoms with van der Waals surface area (Å²) >= 11 is 0. The predicted octanol–water partition coefficient (Wildman–Crippen LogP) is 8.47. The molecule has 1 saturated carbocycles. The Bertz CT molecular complexity index is 1540. The molecule has 0 atom stereocenters. The summed E-state index contributed by atoms with van der Waals surface area (Å²) in [4.78, 5) is 0. The summed E-state index contributed by atoms with van der Waals surface area (Å²) in [6.07, 6.45) is 7.20. The molecule has 2 aliphatic carbocycles. The fourth-order valence-corrected chi connectivity index (χ4v) is 7.00. The zero-order valence-electron chi connectivity index (χ0n) is 24.2. The van der Waals surface area contributed by atoms with Crippen LogP contribution in [0.5, 0.6) is 0 Å². The SMILES string of the molecule is [2H]C([2H])(c1cc[n+](C)c(-c2c(C)c3c(c4c2oc2ccccc24)C(C)(C)CCC3(C)C)c1)C1CCCC1. The number of furan rings is 1. The summed E-state index contributed by atoms with van der Waals surface area (Å²) < 4.78 is 27.1. The van der Waals surface area contributed by atoms with Gasteiger partial charge in [-0.3, -0.25) is 0 Å². The second-order valence-corrected chi connectivity index (χ2v) is 12.4. The van der Waals surface area contributed by atoms with Crippen molar-refractivity contribution in [1.29, 1.82) is 0 Å². The van der Waals surface area contributed by atoms with Gasteiger partial charge in [0.1, 0.15) is 18.2 Å². The number of para-hydroxylation sites is 1. The molecule has 4 aromatic rings. The monoisotopic (exact) mass is 468 g/mol. The molecule has 1 fully saturated rings. The molecule has 0 amide bonds. The van der Waals surface area contributed by atoms with Crippen LogP contribution in [-0.2, 0) is 24.3 Å². The van der Waals surface area contributed by atoms with Gasteiger partial charge in [0, 0.05) is 25.6 Å². The largest absolute Gasteiger partial charge is 0.455 e. The Labute approximate surface area is 213 Å². The van der Waals surface area contributed by atoms with Gasteiger partial charge >= 0.3 is 0 Å². The minimum Gasteiger partial charge on any atom is -0.455 e. The number of nitrogens with zero attached hydrogens (tertiary/aromatic N) is 1. The first-order valence-electron chi connectivity index (χ1n) is 14.4. The summed E-state index contributed by atoms with van der Waals surface area (Å²) in [5.74, 6) is 0.0867. The van der Waals surface area contributed by atoms with Gasteiger partial charge in [-0.25, -0.2) is 4.57 Å². The quantitative estimate of drug-likeness (QED) is 0.276. The second-order valence-electron chi connectivity index (χ2n) is 12.4. The maximum atomic E-state index is 9.10. The first kappa shape index (κ1) is 20.6. The van der Waals surface area contributed by atoms with Crippen LogP contribution in [0.15, 0.2) is 47.0 Å². The molecule has 0 N–H and O–H groups in total. The van der Waals surface area contributed by atoms with Crippen molar-refractivity contribution in [2.24, 2.45) is 13.0 Å². The molecule has 0 bridgehead atoms. The van der Waals surface area contributed by atoms with Gasteiger partial charge in [0.2, 0.25) is 5.69 Å². The molecule has 2 aromatic carbocycles. The van der Waals surface area contributed by atoms with E-state index in [9.17, 15) is 0 Å². The molecular weight excluding hydrogens is 426 g/mol. The van der Waals surface area contributed by atoms with Crippen LogP contribution in [0, 0.1) is 12.8 Å². The minimum absolute atomic E-state index is 0.0447. The average molecular weight is 469 g/mol. The predicted molar refractivity (Wildman–Crippen MR) is 146 cm³/mol. The lowest BCUT2D eigenvalue weighted by Crippen LogP contribution is -2.36. The number of hydrogen-bond donors (Lipinski definition) is 0. The minimum atomic E-state index is -1.34. The Kier molecular flexibility index (Phi) is 4.67. The van der Waals surface area contributed by atoms with E-state index in [2.05, 4.69) is 76.6 Å². The Balaban J connectivity index is 1.72. The summed E-state index contributed by atoms with van der Waals surface area (Å²) in [5, 5.41) is 2.43. The van der Waals surface area contributed by atoms with Gasteiger partial charge in [-0.05, 0) is 71.2 Å². The molecule has 2 heteroatoms. The van der Waals surface area contributed by atoms with Gasteiger partial charge in [0.25, 0.3) is 0 Å². The number of benzene rings is 2. The molecule has 0 radical (unpaired) electrons. The van der Waals surface area contributed by atoms with Crippen LogP contribution in [0.2, 0.25) is 0 Å². The summed E-state index contributed by atoms with van der Waals surface area (Å²) in [5.41, 5.74) is 9.04. The smallest absolute Gasteiger partial charge is 0.216 e. The van der Waals surface area contributed by atoms with Crippen molar-refractivity contribution in [1.82, 2.24) is 0 Å². The number of rotatable bonds is 3. The van der Waals surface area contributed by atoms with E-state index >= 15 is 0 Å². The number of aromatic nitrogens is 1. The lowest BCUT2D eigenvalue weighted by atomic mass is 9.60. The van der Waals surface area contributed by atoms with Crippen LogP contribution in [0.4, 0.5) is 0 Å². The molecule has 2 aliphatic rings. The number of pyridine rings is 1. The fourth-order valence-electron chi connectivity index (χ4n) is 7.00. The molecule has 35 heavy (non-hydrogen) atoms. The number of hydrogen-bond acceptors (Lipinski definition) is 1. The molecule has 6 rings (SSSR count). The van der Waals surface area contributed by atoms with Gasteiger partial charge < -0.3 is 4.42 Å². The van der Waals surface area contributed by atoms with E-state index in [1.54, 1.807) is 0 Å². The molecular formula is C33H40NO+. The Morgan fingerprint density at radius 3 is 2.43 bits per heavy atom. The van der Waals surface area contributed by atoms with E-state index in [1.165, 1.54) is 27.5 Å². The lowest BCUT2D eigenvalue weighted by Gasteiger charge is -2.43. The maximum absolute atomic E-state index is 9.10. The molecule has 0 saturated heterocycles. The van der Waals surface area contributed by atoms with Gasteiger partial charge in [-0.15, -0.1) is 0 Å². The zero-order valence-corrected chi connectivity index (χ0v) is 22.2. The standard InChI is InChI=1S/C33H40NO/c1-21-27(25-20-23(15-18-34(25)6)19-22-11-7-8-12-22)31-28(24-13-9-10-14-26(24)35-31)30-29(21)32(2,3)16-17-33(30,4)5/h9-10,13-15,18,20,22H,7-8,11-12,16-17,19H2,1-6H3/q+1/i19D2. The molecule has 0 unspecified atom stereocenters. The Morgan fingerprint density at radius 2 is 1.69 bits per heavy atom. The highest BCUT2D eigenvalue weighted by Crippen LogP contribution is 2.54. The van der Waals surface area contributed by atoms with Crippen molar-refractivity contribution in [3.63, 3.8) is 0 Å². The van der Waals surface area contributed by atoms with Crippen LogP contribution < -0.4 is 4.57 Å². The summed E-state index contributed by atoms with van der Waals surface area (Å²) in [6, 6.07) is 12.5. The lowest BCUT2D eigenvalue weighted by molar-refractivity contribution is -0.660. The van der Waals surface area contributed by atoms with E-state index in [4.69, 9.17) is 7.16 Å². The van der Waals surface area contributed by atoms with E-state index in [1.807, 2.05) is 12.3 Å². The maximum Gasteiger partial charge on any atom is 0.216 e. The first-order valence-corrected chi connectivity index (χ1v) is 13.4. The average Bonchev–Trinajstić information content (AvgIpc) is 3.51. The summed E-state index contributed by atoms with van der Waals surface area (Å²) in [7, 11) is 2.08. The van der Waals surface area contributed by atoms with Gasteiger partial charge in [-0.1, -0.05) is 71.6 Å². The fraction of sp³-hybridized carbons (Fsp3) is 0.485. The van der Waals surface area contributed by atoms with E-state index in [0.29, 0.717) is 0 Å². The van der Waals surface area contributed by atoms with Crippen LogP contribution in [-0.4, -0.2) is 0 Å².